The number of hydrogen-bond acceptors (Lipinski definition) is 5. The summed E-state index contributed by atoms with van der Waals surface area (Å²) in [4.78, 5) is 9.41. The molecule has 1 fully saturated rings. The molecule has 4 heterocycles. The molecular formula is C20H25N5O. The van der Waals surface area contributed by atoms with Crippen LogP contribution in [0.2, 0.25) is 0 Å². The molecular weight excluding hydrogens is 326 g/mol. The summed E-state index contributed by atoms with van der Waals surface area (Å²) in [5, 5.41) is 7.74. The van der Waals surface area contributed by atoms with E-state index in [-0.39, 0.29) is 2.85 Å². The van der Waals surface area contributed by atoms with Gasteiger partial charge in [-0.05, 0) is 55.0 Å². The van der Waals surface area contributed by atoms with E-state index in [0.29, 0.717) is 6.04 Å². The van der Waals surface area contributed by atoms with E-state index in [2.05, 4.69) is 33.6 Å². The fraction of sp³-hybridized carbons (Fsp3) is 0.350. The van der Waals surface area contributed by atoms with Crippen LogP contribution in [-0.2, 0) is 11.2 Å². The zero-order valence-corrected chi connectivity index (χ0v) is 14.6. The molecule has 6 heteroatoms. The minimum Gasteiger partial charge on any atom is -0.381 e. The van der Waals surface area contributed by atoms with Crippen LogP contribution in [0.1, 0.15) is 38.9 Å². The average Bonchev–Trinajstić information content (AvgIpc) is 3.16. The van der Waals surface area contributed by atoms with Gasteiger partial charge in [-0.25, -0.2) is 14.5 Å². The van der Waals surface area contributed by atoms with Crippen molar-refractivity contribution in [2.75, 3.05) is 18.5 Å². The van der Waals surface area contributed by atoms with Crippen molar-refractivity contribution in [1.29, 1.82) is 0 Å². The monoisotopic (exact) mass is 351 g/mol. The number of rotatable bonds is 3. The molecule has 0 radical (unpaired) electrons. The summed E-state index contributed by atoms with van der Waals surface area (Å²) in [7, 11) is 0. The Hall–Kier alpha value is -2.73. The lowest BCUT2D eigenvalue weighted by Gasteiger charge is -2.24. The third kappa shape index (κ3) is 2.86. The van der Waals surface area contributed by atoms with Crippen LogP contribution < -0.4 is 5.32 Å². The number of hydrogen-bond donors (Lipinski definition) is 1. The minimum atomic E-state index is 0. The molecule has 2 aliphatic rings. The van der Waals surface area contributed by atoms with Crippen molar-refractivity contribution in [1.82, 2.24) is 19.6 Å². The van der Waals surface area contributed by atoms with Gasteiger partial charge in [0.25, 0.3) is 0 Å². The highest BCUT2D eigenvalue weighted by atomic mass is 16.5. The standard InChI is InChI=1S/C20H21N5O.2H2/c1-2-17(14-5-9-25-16(12-14)4-8-22-25)18-13-21-20(24-19(18)3-1)23-15-6-10-26-11-7-15;;/h2,4-5,8-9,12-13,15H,1,3,6-7,10-11H2,(H,21,23,24);2*1H. The largest absolute Gasteiger partial charge is 0.381 e. The van der Waals surface area contributed by atoms with Crippen molar-refractivity contribution in [3.05, 3.63) is 59.7 Å². The first-order chi connectivity index (χ1) is 12.9. The van der Waals surface area contributed by atoms with Crippen molar-refractivity contribution < 1.29 is 7.59 Å². The minimum absolute atomic E-state index is 0. The maximum atomic E-state index is 5.42. The van der Waals surface area contributed by atoms with Gasteiger partial charge in [0, 0.05) is 46.3 Å². The zero-order valence-electron chi connectivity index (χ0n) is 14.6. The number of pyridine rings is 1. The van der Waals surface area contributed by atoms with Gasteiger partial charge in [0.15, 0.2) is 0 Å². The normalized spacial score (nSPS) is 17.8. The molecule has 3 aromatic rings. The van der Waals surface area contributed by atoms with Crippen molar-refractivity contribution in [2.45, 2.75) is 31.7 Å². The second-order valence-electron chi connectivity index (χ2n) is 6.86. The number of allylic oxidation sites excluding steroid dienone is 1. The molecule has 0 atom stereocenters. The highest BCUT2D eigenvalue weighted by molar-refractivity contribution is 5.83. The predicted molar refractivity (Wildman–Crippen MR) is 104 cm³/mol. The van der Waals surface area contributed by atoms with Crippen LogP contribution >= 0.6 is 0 Å². The first kappa shape index (κ1) is 15.5. The van der Waals surface area contributed by atoms with Gasteiger partial charge in [0.2, 0.25) is 5.95 Å². The fourth-order valence-corrected chi connectivity index (χ4v) is 3.75. The number of aromatic nitrogens is 4. The molecule has 3 aromatic heterocycles. The van der Waals surface area contributed by atoms with Crippen LogP contribution in [0.25, 0.3) is 11.1 Å². The molecule has 0 unspecified atom stereocenters. The Morgan fingerprint density at radius 3 is 3.08 bits per heavy atom. The van der Waals surface area contributed by atoms with Gasteiger partial charge in [-0.1, -0.05) is 6.08 Å². The third-order valence-corrected chi connectivity index (χ3v) is 5.15. The topological polar surface area (TPSA) is 64.3 Å². The molecule has 136 valence electrons. The summed E-state index contributed by atoms with van der Waals surface area (Å²) < 4.78 is 7.30. The summed E-state index contributed by atoms with van der Waals surface area (Å²) in [5.41, 5.74) is 5.76. The highest BCUT2D eigenvalue weighted by Gasteiger charge is 2.19. The van der Waals surface area contributed by atoms with Gasteiger partial charge >= 0.3 is 0 Å². The molecule has 5 rings (SSSR count). The number of nitrogens with one attached hydrogen (secondary N) is 1. The van der Waals surface area contributed by atoms with Crippen LogP contribution in [0, 0.1) is 0 Å². The van der Waals surface area contributed by atoms with Crippen LogP contribution in [0.5, 0.6) is 0 Å². The van der Waals surface area contributed by atoms with Gasteiger partial charge in [-0.15, -0.1) is 0 Å². The number of anilines is 1. The first-order valence-corrected chi connectivity index (χ1v) is 9.21. The molecule has 1 aliphatic heterocycles. The molecule has 6 nitrogen and oxygen atoms in total. The Kier molecular flexibility index (Phi) is 3.90. The quantitative estimate of drug-likeness (QED) is 0.781. The van der Waals surface area contributed by atoms with Crippen LogP contribution in [0.3, 0.4) is 0 Å². The zero-order chi connectivity index (χ0) is 17.3. The molecule has 1 N–H and O–H groups in total. The van der Waals surface area contributed by atoms with Gasteiger partial charge in [-0.2, -0.15) is 5.10 Å². The van der Waals surface area contributed by atoms with Crippen LogP contribution in [0.4, 0.5) is 5.95 Å². The molecule has 0 spiro atoms. The van der Waals surface area contributed by atoms with E-state index in [4.69, 9.17) is 9.72 Å². The van der Waals surface area contributed by atoms with E-state index in [0.717, 1.165) is 61.6 Å². The Bertz CT molecular complexity index is 982. The summed E-state index contributed by atoms with van der Waals surface area (Å²) in [6, 6.07) is 6.70. The number of fused-ring (bicyclic) bond motifs is 2. The lowest BCUT2D eigenvalue weighted by molar-refractivity contribution is 0.0903. The molecule has 0 amide bonds. The molecule has 1 aliphatic carbocycles. The second-order valence-corrected chi connectivity index (χ2v) is 6.86. The summed E-state index contributed by atoms with van der Waals surface area (Å²) >= 11 is 0. The van der Waals surface area contributed by atoms with Crippen molar-refractivity contribution in [3.8, 4) is 0 Å². The van der Waals surface area contributed by atoms with Crippen molar-refractivity contribution in [3.63, 3.8) is 0 Å². The molecule has 26 heavy (non-hydrogen) atoms. The average molecular weight is 351 g/mol. The van der Waals surface area contributed by atoms with E-state index < -0.39 is 0 Å². The maximum Gasteiger partial charge on any atom is 0.223 e. The smallest absolute Gasteiger partial charge is 0.223 e. The van der Waals surface area contributed by atoms with Gasteiger partial charge in [0.1, 0.15) is 0 Å². The first-order valence-electron chi connectivity index (χ1n) is 9.21. The van der Waals surface area contributed by atoms with E-state index in [1.165, 1.54) is 11.1 Å². The van der Waals surface area contributed by atoms with Crippen LogP contribution in [0.15, 0.2) is 42.9 Å². The van der Waals surface area contributed by atoms with Crippen LogP contribution in [-0.4, -0.2) is 38.8 Å². The highest BCUT2D eigenvalue weighted by Crippen LogP contribution is 2.31. The lowest BCUT2D eigenvalue weighted by Crippen LogP contribution is -2.29. The number of nitrogens with zero attached hydrogens (tertiary/aromatic N) is 4. The lowest BCUT2D eigenvalue weighted by atomic mass is 9.91. The number of ether oxygens (including phenoxy) is 1. The molecule has 0 bridgehead atoms. The second kappa shape index (κ2) is 6.53. The SMILES string of the molecule is C1=C(c2ccn3nccc3c2)c2cnc(NC3CCOCC3)nc2CC1.[HH].[HH]. The van der Waals surface area contributed by atoms with Gasteiger partial charge in [-0.3, -0.25) is 0 Å². The summed E-state index contributed by atoms with van der Waals surface area (Å²) in [6.07, 6.45) is 12.1. The maximum absolute atomic E-state index is 5.42. The fourth-order valence-electron chi connectivity index (χ4n) is 3.75. The van der Waals surface area contributed by atoms with Crippen molar-refractivity contribution in [2.24, 2.45) is 0 Å². The Labute approximate surface area is 154 Å². The molecule has 0 aromatic carbocycles. The van der Waals surface area contributed by atoms with Gasteiger partial charge < -0.3 is 10.1 Å². The number of aryl methyl sites for hydroxylation is 1. The molecule has 1 saturated heterocycles. The van der Waals surface area contributed by atoms with Gasteiger partial charge in [0.05, 0.1) is 11.2 Å². The van der Waals surface area contributed by atoms with E-state index >= 15 is 0 Å². The molecule has 0 saturated carbocycles. The Morgan fingerprint density at radius 1 is 1.23 bits per heavy atom. The Balaban J connectivity index is 0.00000112. The summed E-state index contributed by atoms with van der Waals surface area (Å²) in [5.74, 6) is 0.739. The Morgan fingerprint density at radius 2 is 2.15 bits per heavy atom. The van der Waals surface area contributed by atoms with E-state index in [1.54, 1.807) is 0 Å². The third-order valence-electron chi connectivity index (χ3n) is 5.15. The van der Waals surface area contributed by atoms with E-state index in [9.17, 15) is 0 Å². The summed E-state index contributed by atoms with van der Waals surface area (Å²) in [6.45, 7) is 1.62. The van der Waals surface area contributed by atoms with E-state index in [1.807, 2.05) is 29.2 Å². The predicted octanol–water partition coefficient (Wildman–Crippen LogP) is 3.59. The van der Waals surface area contributed by atoms with Crippen molar-refractivity contribution >= 4 is 17.0 Å².